The average molecular weight is 255 g/mol. The van der Waals surface area contributed by atoms with Crippen LogP contribution in [0.5, 0.6) is 0 Å². The number of nitrogens with zero attached hydrogens (tertiary/aromatic N) is 2. The molecule has 2 atom stereocenters. The summed E-state index contributed by atoms with van der Waals surface area (Å²) in [6.07, 6.45) is 1.94. The highest BCUT2D eigenvalue weighted by molar-refractivity contribution is 5.85. The summed E-state index contributed by atoms with van der Waals surface area (Å²) in [5.41, 5.74) is 0. The van der Waals surface area contributed by atoms with E-state index in [9.17, 15) is 9.59 Å². The molecule has 2 unspecified atom stereocenters. The third kappa shape index (κ3) is 3.98. The van der Waals surface area contributed by atoms with Crippen LogP contribution in [0.25, 0.3) is 0 Å². The van der Waals surface area contributed by atoms with Crippen molar-refractivity contribution < 1.29 is 9.59 Å². The van der Waals surface area contributed by atoms with Crippen LogP contribution in [0.15, 0.2) is 0 Å². The Morgan fingerprint density at radius 2 is 1.94 bits per heavy atom. The molecule has 0 spiro atoms. The van der Waals surface area contributed by atoms with E-state index in [-0.39, 0.29) is 24.3 Å². The smallest absolute Gasteiger partial charge is 0.241 e. The van der Waals surface area contributed by atoms with Gasteiger partial charge in [-0.1, -0.05) is 0 Å². The summed E-state index contributed by atoms with van der Waals surface area (Å²) >= 11 is 0. The lowest BCUT2D eigenvalue weighted by molar-refractivity contribution is -0.142. The average Bonchev–Trinajstić information content (AvgIpc) is 2.35. The Morgan fingerprint density at radius 1 is 1.28 bits per heavy atom. The van der Waals surface area contributed by atoms with Gasteiger partial charge in [0.2, 0.25) is 11.8 Å². The van der Waals surface area contributed by atoms with Gasteiger partial charge in [0.1, 0.15) is 0 Å². The highest BCUT2D eigenvalue weighted by Gasteiger charge is 2.28. The molecule has 1 aliphatic rings. The van der Waals surface area contributed by atoms with Crippen molar-refractivity contribution in [2.24, 2.45) is 5.92 Å². The fourth-order valence-electron chi connectivity index (χ4n) is 2.12. The first-order valence-corrected chi connectivity index (χ1v) is 6.68. The molecule has 1 aliphatic heterocycles. The molecule has 0 radical (unpaired) electrons. The molecule has 1 N–H and O–H groups in total. The maximum Gasteiger partial charge on any atom is 0.241 e. The molecule has 5 nitrogen and oxygen atoms in total. The quantitative estimate of drug-likeness (QED) is 0.786. The summed E-state index contributed by atoms with van der Waals surface area (Å²) in [5, 5.41) is 3.33. The third-order valence-electron chi connectivity index (χ3n) is 3.53. The molecule has 1 fully saturated rings. The molecular formula is C13H25N3O2. The van der Waals surface area contributed by atoms with Gasteiger partial charge in [-0.15, -0.1) is 0 Å². The van der Waals surface area contributed by atoms with Gasteiger partial charge in [0.15, 0.2) is 0 Å². The number of carbonyl (C=O) groups excluding carboxylic acids is 2. The zero-order valence-electron chi connectivity index (χ0n) is 11.9. The number of carbonyl (C=O) groups is 2. The standard InChI is InChI=1S/C13H25N3O2/c1-5-16(9-12(17)15(3)4)13(18)11-7-6-10(2)14-8-11/h10-11,14H,5-9H2,1-4H3. The Bertz CT molecular complexity index is 297. The summed E-state index contributed by atoms with van der Waals surface area (Å²) in [6.45, 7) is 5.55. The Balaban J connectivity index is 2.54. The van der Waals surface area contributed by atoms with Crippen LogP contribution in [0.3, 0.4) is 0 Å². The Labute approximate surface area is 110 Å². The van der Waals surface area contributed by atoms with E-state index in [0.717, 1.165) is 19.4 Å². The zero-order chi connectivity index (χ0) is 13.7. The van der Waals surface area contributed by atoms with E-state index in [1.807, 2.05) is 6.92 Å². The molecule has 104 valence electrons. The summed E-state index contributed by atoms with van der Waals surface area (Å²) in [4.78, 5) is 27.2. The van der Waals surface area contributed by atoms with E-state index in [1.54, 1.807) is 19.0 Å². The minimum Gasteiger partial charge on any atom is -0.347 e. The predicted octanol–water partition coefficient (Wildman–Crippen LogP) is 0.311. The molecule has 0 bridgehead atoms. The molecule has 5 heteroatoms. The van der Waals surface area contributed by atoms with Crippen molar-refractivity contribution in [1.82, 2.24) is 15.1 Å². The zero-order valence-corrected chi connectivity index (χ0v) is 11.9. The largest absolute Gasteiger partial charge is 0.347 e. The molecule has 1 rings (SSSR count). The first-order valence-electron chi connectivity index (χ1n) is 6.68. The van der Waals surface area contributed by atoms with Gasteiger partial charge in [-0.25, -0.2) is 0 Å². The minimum atomic E-state index is -0.0256. The third-order valence-corrected chi connectivity index (χ3v) is 3.53. The van der Waals surface area contributed by atoms with Crippen molar-refractivity contribution in [3.8, 4) is 0 Å². The van der Waals surface area contributed by atoms with Crippen molar-refractivity contribution in [3.05, 3.63) is 0 Å². The Kier molecular flexibility index (Phi) is 5.59. The topological polar surface area (TPSA) is 52.7 Å². The van der Waals surface area contributed by atoms with Gasteiger partial charge in [0.05, 0.1) is 12.5 Å². The summed E-state index contributed by atoms with van der Waals surface area (Å²) in [7, 11) is 3.43. The van der Waals surface area contributed by atoms with Crippen molar-refractivity contribution in [2.45, 2.75) is 32.7 Å². The monoisotopic (exact) mass is 255 g/mol. The Morgan fingerprint density at radius 3 is 2.39 bits per heavy atom. The van der Waals surface area contributed by atoms with Gasteiger partial charge in [-0.2, -0.15) is 0 Å². The lowest BCUT2D eigenvalue weighted by Gasteiger charge is -2.31. The number of likely N-dealkylation sites (N-methyl/N-ethyl adjacent to an activating group) is 2. The van der Waals surface area contributed by atoms with Crippen molar-refractivity contribution in [1.29, 1.82) is 0 Å². The molecule has 0 saturated carbocycles. The van der Waals surface area contributed by atoms with E-state index in [0.29, 0.717) is 12.6 Å². The first kappa shape index (κ1) is 15.0. The normalized spacial score (nSPS) is 23.6. The fourth-order valence-corrected chi connectivity index (χ4v) is 2.12. The number of nitrogens with one attached hydrogen (secondary N) is 1. The molecule has 0 aliphatic carbocycles. The summed E-state index contributed by atoms with van der Waals surface area (Å²) in [6, 6.07) is 0.493. The maximum atomic E-state index is 12.3. The molecular weight excluding hydrogens is 230 g/mol. The van der Waals surface area contributed by atoms with Crippen LogP contribution in [0.2, 0.25) is 0 Å². The molecule has 0 aromatic rings. The minimum absolute atomic E-state index is 0.0242. The predicted molar refractivity (Wildman–Crippen MR) is 71.1 cm³/mol. The van der Waals surface area contributed by atoms with Gasteiger partial charge in [-0.3, -0.25) is 9.59 Å². The van der Waals surface area contributed by atoms with Gasteiger partial charge < -0.3 is 15.1 Å². The molecule has 0 aromatic carbocycles. The lowest BCUT2D eigenvalue weighted by Crippen LogP contribution is -2.48. The maximum absolute atomic E-state index is 12.3. The van der Waals surface area contributed by atoms with Crippen LogP contribution in [0.4, 0.5) is 0 Å². The molecule has 1 heterocycles. The Hall–Kier alpha value is -1.10. The van der Waals surface area contributed by atoms with E-state index in [4.69, 9.17) is 0 Å². The van der Waals surface area contributed by atoms with Crippen LogP contribution in [0, 0.1) is 5.92 Å². The van der Waals surface area contributed by atoms with Crippen molar-refractivity contribution in [2.75, 3.05) is 33.7 Å². The van der Waals surface area contributed by atoms with Crippen LogP contribution in [-0.4, -0.2) is 61.4 Å². The fraction of sp³-hybridized carbons (Fsp3) is 0.846. The summed E-state index contributed by atoms with van der Waals surface area (Å²) < 4.78 is 0. The van der Waals surface area contributed by atoms with Gasteiger partial charge in [-0.05, 0) is 26.7 Å². The van der Waals surface area contributed by atoms with E-state index >= 15 is 0 Å². The lowest BCUT2D eigenvalue weighted by atomic mass is 9.94. The van der Waals surface area contributed by atoms with E-state index < -0.39 is 0 Å². The first-order chi connectivity index (χ1) is 8.45. The molecule has 2 amide bonds. The van der Waals surface area contributed by atoms with Gasteiger partial charge in [0.25, 0.3) is 0 Å². The van der Waals surface area contributed by atoms with Crippen molar-refractivity contribution >= 4 is 11.8 Å². The van der Waals surface area contributed by atoms with Gasteiger partial charge in [0, 0.05) is 33.2 Å². The number of rotatable bonds is 4. The van der Waals surface area contributed by atoms with E-state index in [2.05, 4.69) is 12.2 Å². The molecule has 0 aromatic heterocycles. The van der Waals surface area contributed by atoms with Crippen LogP contribution >= 0.6 is 0 Å². The van der Waals surface area contributed by atoms with Crippen LogP contribution < -0.4 is 5.32 Å². The molecule has 1 saturated heterocycles. The summed E-state index contributed by atoms with van der Waals surface area (Å²) in [5.74, 6) is 0.102. The number of amides is 2. The SMILES string of the molecule is CCN(CC(=O)N(C)C)C(=O)C1CCC(C)NC1. The number of hydrogen-bond acceptors (Lipinski definition) is 3. The second kappa shape index (κ2) is 6.73. The molecule has 18 heavy (non-hydrogen) atoms. The van der Waals surface area contributed by atoms with E-state index in [1.165, 1.54) is 4.90 Å². The van der Waals surface area contributed by atoms with Crippen LogP contribution in [-0.2, 0) is 9.59 Å². The van der Waals surface area contributed by atoms with Crippen LogP contribution in [0.1, 0.15) is 26.7 Å². The number of hydrogen-bond donors (Lipinski definition) is 1. The second-order valence-electron chi connectivity index (χ2n) is 5.22. The van der Waals surface area contributed by atoms with Crippen molar-refractivity contribution in [3.63, 3.8) is 0 Å². The van der Waals surface area contributed by atoms with Gasteiger partial charge >= 0.3 is 0 Å². The number of piperidine rings is 1. The highest BCUT2D eigenvalue weighted by Crippen LogP contribution is 2.16. The second-order valence-corrected chi connectivity index (χ2v) is 5.22. The highest BCUT2D eigenvalue weighted by atomic mass is 16.2.